The van der Waals surface area contributed by atoms with E-state index in [-0.39, 0.29) is 17.3 Å². The molecule has 5 rings (SSSR count). The normalized spacial score (nSPS) is 27.3. The molecule has 1 spiro atoms. The second-order valence-electron chi connectivity index (χ2n) is 8.90. The molecule has 2 fully saturated rings. The minimum Gasteiger partial charge on any atom is -0.370 e. The second-order valence-corrected chi connectivity index (χ2v) is 10.1. The number of aromatic amines is 2. The summed E-state index contributed by atoms with van der Waals surface area (Å²) in [5, 5.41) is 5.99. The highest BCUT2D eigenvalue weighted by Gasteiger charge is 2.45. The van der Waals surface area contributed by atoms with Gasteiger partial charge in [0.25, 0.3) is 5.91 Å². The van der Waals surface area contributed by atoms with Crippen LogP contribution < -0.4 is 5.69 Å². The molecule has 8 nitrogen and oxygen atoms in total. The Bertz CT molecular complexity index is 991. The number of nitrogens with one attached hydrogen (secondary N) is 2. The van der Waals surface area contributed by atoms with Gasteiger partial charge in [0.1, 0.15) is 0 Å². The highest BCUT2D eigenvalue weighted by molar-refractivity contribution is 7.12. The molecule has 0 radical (unpaired) electrons. The van der Waals surface area contributed by atoms with E-state index in [1.807, 2.05) is 11.3 Å². The van der Waals surface area contributed by atoms with Gasteiger partial charge in [-0.15, -0.1) is 16.4 Å². The number of likely N-dealkylation sites (tertiary alicyclic amines) is 2. The maximum Gasteiger partial charge on any atom is 0.341 e. The molecule has 9 heteroatoms. The molecule has 2 N–H and O–H groups in total. The van der Waals surface area contributed by atoms with Gasteiger partial charge < -0.3 is 14.5 Å². The molecule has 3 aliphatic rings. The van der Waals surface area contributed by atoms with Gasteiger partial charge in [-0.25, -0.2) is 9.89 Å². The fraction of sp³-hybridized carbons (Fsp3) is 0.667. The van der Waals surface area contributed by atoms with E-state index in [9.17, 15) is 9.59 Å². The second kappa shape index (κ2) is 7.62. The molecule has 2 aromatic rings. The molecule has 0 aliphatic carbocycles. The smallest absolute Gasteiger partial charge is 0.341 e. The average Bonchev–Trinajstić information content (AvgIpc) is 3.32. The summed E-state index contributed by atoms with van der Waals surface area (Å²) in [5.74, 6) is 0.355. The fourth-order valence-electron chi connectivity index (χ4n) is 5.25. The Morgan fingerprint density at radius 3 is 2.97 bits per heavy atom. The van der Waals surface area contributed by atoms with Gasteiger partial charge in [-0.2, -0.15) is 0 Å². The summed E-state index contributed by atoms with van der Waals surface area (Å²) in [6.07, 6.45) is 4.21. The van der Waals surface area contributed by atoms with Crippen LogP contribution in [0.5, 0.6) is 0 Å². The number of thiophene rings is 1. The number of aromatic nitrogens is 3. The first kappa shape index (κ1) is 20.0. The van der Waals surface area contributed by atoms with E-state index >= 15 is 0 Å². The molecule has 0 unspecified atom stereocenters. The molecule has 162 valence electrons. The van der Waals surface area contributed by atoms with Gasteiger partial charge in [0.05, 0.1) is 12.2 Å². The third-order valence-electron chi connectivity index (χ3n) is 6.90. The molecule has 2 atom stereocenters. The molecule has 2 aromatic heterocycles. The Morgan fingerprint density at radius 1 is 1.43 bits per heavy atom. The molecule has 0 aromatic carbocycles. The molecule has 2 saturated heterocycles. The summed E-state index contributed by atoms with van der Waals surface area (Å²) in [6, 6.07) is 2.85. The number of nitrogens with zero attached hydrogens (tertiary/aromatic N) is 3. The first-order valence-electron chi connectivity index (χ1n) is 10.9. The maximum atomic E-state index is 12.3. The van der Waals surface area contributed by atoms with Crippen LogP contribution >= 0.6 is 11.3 Å². The van der Waals surface area contributed by atoms with Gasteiger partial charge in [0.15, 0.2) is 0 Å². The van der Waals surface area contributed by atoms with Crippen LogP contribution in [0.3, 0.4) is 0 Å². The van der Waals surface area contributed by atoms with E-state index in [2.05, 4.69) is 40.0 Å². The van der Waals surface area contributed by atoms with Gasteiger partial charge in [-0.05, 0) is 37.8 Å². The standard InChI is InChI=1S/C21H29N5O3S/c1-3-15-8-16-17(30-15)4-7-29-21(16)5-6-25(13(2)9-21)10-14-11-26(12-14)19(27)18-22-20(28)24-23-18/h8,13-14H,3-7,9-12H2,1-2H3,(H2,22,23,24,28)/t13-,21+/m0/s1. The van der Waals surface area contributed by atoms with Crippen molar-refractivity contribution < 1.29 is 9.53 Å². The van der Waals surface area contributed by atoms with E-state index in [4.69, 9.17) is 4.74 Å². The number of carbonyl (C=O) groups excluding carboxylic acids is 1. The van der Waals surface area contributed by atoms with Crippen LogP contribution in [0.2, 0.25) is 0 Å². The Morgan fingerprint density at radius 2 is 2.27 bits per heavy atom. The van der Waals surface area contributed by atoms with Crippen molar-refractivity contribution >= 4 is 17.2 Å². The molecule has 5 heterocycles. The molecule has 1 amide bonds. The highest BCUT2D eigenvalue weighted by atomic mass is 32.1. The van der Waals surface area contributed by atoms with E-state index in [1.54, 1.807) is 4.90 Å². The molecule has 30 heavy (non-hydrogen) atoms. The van der Waals surface area contributed by atoms with Gasteiger partial charge in [-0.3, -0.25) is 9.78 Å². The van der Waals surface area contributed by atoms with Gasteiger partial charge in [0, 0.05) is 54.3 Å². The summed E-state index contributed by atoms with van der Waals surface area (Å²) >= 11 is 1.97. The summed E-state index contributed by atoms with van der Waals surface area (Å²) in [4.78, 5) is 33.2. The monoisotopic (exact) mass is 431 g/mol. The number of carbonyl (C=O) groups is 1. The van der Waals surface area contributed by atoms with Crippen molar-refractivity contribution in [1.29, 1.82) is 0 Å². The number of ether oxygens (including phenoxy) is 1. The number of hydrogen-bond acceptors (Lipinski definition) is 6. The highest BCUT2D eigenvalue weighted by Crippen LogP contribution is 2.46. The van der Waals surface area contributed by atoms with Crippen molar-refractivity contribution in [3.05, 3.63) is 37.7 Å². The lowest BCUT2D eigenvalue weighted by Crippen LogP contribution is -2.57. The zero-order chi connectivity index (χ0) is 20.9. The first-order valence-corrected chi connectivity index (χ1v) is 11.7. The average molecular weight is 432 g/mol. The summed E-state index contributed by atoms with van der Waals surface area (Å²) in [5.41, 5.74) is 0.896. The Kier molecular flexibility index (Phi) is 5.07. The lowest BCUT2D eigenvalue weighted by Gasteiger charge is -2.49. The molecule has 0 saturated carbocycles. The van der Waals surface area contributed by atoms with E-state index in [0.717, 1.165) is 45.4 Å². The van der Waals surface area contributed by atoms with Crippen LogP contribution in [0.4, 0.5) is 0 Å². The number of fused-ring (bicyclic) bond motifs is 2. The molecular formula is C21H29N5O3S. The molecule has 3 aliphatic heterocycles. The van der Waals surface area contributed by atoms with Gasteiger partial charge >= 0.3 is 5.69 Å². The van der Waals surface area contributed by atoms with Crippen LogP contribution in [-0.2, 0) is 23.2 Å². The van der Waals surface area contributed by atoms with Crippen molar-refractivity contribution in [2.75, 3.05) is 32.8 Å². The number of amides is 1. The number of H-pyrrole nitrogens is 2. The first-order chi connectivity index (χ1) is 14.5. The summed E-state index contributed by atoms with van der Waals surface area (Å²) in [6.45, 7) is 8.82. The Labute approximate surface area is 179 Å². The minimum atomic E-state index is -0.448. The van der Waals surface area contributed by atoms with Crippen LogP contribution in [-0.4, -0.2) is 69.7 Å². The summed E-state index contributed by atoms with van der Waals surface area (Å²) < 4.78 is 6.44. The van der Waals surface area contributed by atoms with Crippen LogP contribution in [0.15, 0.2) is 10.9 Å². The minimum absolute atomic E-state index is 0.0965. The lowest BCUT2D eigenvalue weighted by molar-refractivity contribution is -0.114. The van der Waals surface area contributed by atoms with Crippen LogP contribution in [0.1, 0.15) is 52.6 Å². The van der Waals surface area contributed by atoms with E-state index < -0.39 is 5.69 Å². The molecule has 0 bridgehead atoms. The van der Waals surface area contributed by atoms with E-state index in [0.29, 0.717) is 25.0 Å². The third-order valence-corrected chi connectivity index (χ3v) is 8.24. The van der Waals surface area contributed by atoms with Crippen molar-refractivity contribution in [3.63, 3.8) is 0 Å². The number of rotatable bonds is 4. The largest absolute Gasteiger partial charge is 0.370 e. The number of hydrogen-bond donors (Lipinski definition) is 2. The predicted octanol–water partition coefficient (Wildman–Crippen LogP) is 1.75. The van der Waals surface area contributed by atoms with Crippen molar-refractivity contribution in [2.45, 2.75) is 51.2 Å². The number of piperidine rings is 1. The van der Waals surface area contributed by atoms with E-state index in [1.165, 1.54) is 15.3 Å². The fourth-order valence-corrected chi connectivity index (χ4v) is 6.43. The number of aryl methyl sites for hydroxylation is 1. The SMILES string of the molecule is CCc1cc2c(s1)CCO[C@@]21CCN(CC2CN(C(=O)c3n[nH]c(=O)[nH]3)C2)[C@@H](C)C1. The zero-order valence-electron chi connectivity index (χ0n) is 17.6. The van der Waals surface area contributed by atoms with Crippen molar-refractivity contribution in [3.8, 4) is 0 Å². The topological polar surface area (TPSA) is 94.3 Å². The Hall–Kier alpha value is -1.97. The zero-order valence-corrected chi connectivity index (χ0v) is 18.4. The third kappa shape index (κ3) is 3.42. The molecular weight excluding hydrogens is 402 g/mol. The van der Waals surface area contributed by atoms with Gasteiger partial charge in [0.2, 0.25) is 5.82 Å². The maximum absolute atomic E-state index is 12.3. The van der Waals surface area contributed by atoms with Gasteiger partial charge in [-0.1, -0.05) is 6.92 Å². The van der Waals surface area contributed by atoms with Crippen LogP contribution in [0, 0.1) is 5.92 Å². The van der Waals surface area contributed by atoms with Crippen molar-refractivity contribution in [1.82, 2.24) is 25.0 Å². The van der Waals surface area contributed by atoms with Crippen LogP contribution in [0.25, 0.3) is 0 Å². The summed E-state index contributed by atoms with van der Waals surface area (Å²) in [7, 11) is 0. The predicted molar refractivity (Wildman–Crippen MR) is 114 cm³/mol. The lowest BCUT2D eigenvalue weighted by atomic mass is 9.79. The quantitative estimate of drug-likeness (QED) is 0.769. The van der Waals surface area contributed by atoms with Crippen molar-refractivity contribution in [2.24, 2.45) is 5.92 Å². The Balaban J connectivity index is 1.19.